The summed E-state index contributed by atoms with van der Waals surface area (Å²) in [5, 5.41) is 4.79. The van der Waals surface area contributed by atoms with Gasteiger partial charge in [-0.15, -0.1) is 0 Å². The summed E-state index contributed by atoms with van der Waals surface area (Å²) in [7, 11) is 3.62. The van der Waals surface area contributed by atoms with Crippen LogP contribution >= 0.6 is 0 Å². The van der Waals surface area contributed by atoms with Crippen LogP contribution in [-0.2, 0) is 6.54 Å². The van der Waals surface area contributed by atoms with Crippen molar-refractivity contribution in [2.75, 3.05) is 24.3 Å². The fourth-order valence-electron chi connectivity index (χ4n) is 1.84. The minimum atomic E-state index is -0.714. The number of halogens is 2. The van der Waals surface area contributed by atoms with Gasteiger partial charge >= 0.3 is 6.03 Å². The lowest BCUT2D eigenvalue weighted by Crippen LogP contribution is -2.29. The van der Waals surface area contributed by atoms with Gasteiger partial charge in [0.1, 0.15) is 11.6 Å². The summed E-state index contributed by atoms with van der Waals surface area (Å²) in [5.41, 5.74) is 1.14. The van der Waals surface area contributed by atoms with E-state index in [2.05, 4.69) is 20.6 Å². The van der Waals surface area contributed by atoms with Crippen LogP contribution in [0.5, 0.6) is 0 Å². The normalized spacial score (nSPS) is 10.3. The number of carbonyl (C=O) groups excluding carboxylic acids is 1. The first-order valence-electron chi connectivity index (χ1n) is 6.87. The number of nitrogens with one attached hydrogen (secondary N) is 2. The predicted octanol–water partition coefficient (Wildman–Crippen LogP) is 2.45. The molecule has 2 N–H and O–H groups in total. The molecule has 0 spiro atoms. The van der Waals surface area contributed by atoms with Crippen molar-refractivity contribution in [3.05, 3.63) is 47.3 Å². The predicted molar refractivity (Wildman–Crippen MR) is 83.3 cm³/mol. The van der Waals surface area contributed by atoms with Crippen LogP contribution in [0.3, 0.4) is 0 Å². The van der Waals surface area contributed by atoms with Gasteiger partial charge in [0.25, 0.3) is 0 Å². The van der Waals surface area contributed by atoms with E-state index in [-0.39, 0.29) is 12.2 Å². The molecule has 1 aromatic carbocycles. The molecule has 0 unspecified atom stereocenters. The lowest BCUT2D eigenvalue weighted by atomic mass is 10.3. The topological polar surface area (TPSA) is 70.2 Å². The van der Waals surface area contributed by atoms with Crippen molar-refractivity contribution in [1.82, 2.24) is 15.3 Å². The second-order valence-corrected chi connectivity index (χ2v) is 5.13. The maximum absolute atomic E-state index is 13.5. The van der Waals surface area contributed by atoms with Crippen molar-refractivity contribution >= 4 is 17.7 Å². The zero-order chi connectivity index (χ0) is 17.0. The van der Waals surface area contributed by atoms with Crippen LogP contribution in [0.25, 0.3) is 0 Å². The smallest absolute Gasteiger partial charge is 0.319 e. The van der Waals surface area contributed by atoms with Crippen LogP contribution in [0.1, 0.15) is 11.4 Å². The Morgan fingerprint density at radius 2 is 1.96 bits per heavy atom. The van der Waals surface area contributed by atoms with Gasteiger partial charge in [0.05, 0.1) is 17.9 Å². The van der Waals surface area contributed by atoms with Gasteiger partial charge in [-0.1, -0.05) is 0 Å². The standard InChI is InChI=1S/C15H17F2N5O/c1-9-6-11(20-14(19-9)22(2)3)8-18-15(23)21-13-7-10(16)4-5-12(13)17/h4-7H,8H2,1-3H3,(H2,18,21,23). The highest BCUT2D eigenvalue weighted by molar-refractivity contribution is 5.89. The number of nitrogens with zero attached hydrogens (tertiary/aromatic N) is 3. The second kappa shape index (κ2) is 6.99. The Labute approximate surface area is 132 Å². The summed E-state index contributed by atoms with van der Waals surface area (Å²) in [4.78, 5) is 22.1. The third kappa shape index (κ3) is 4.60. The molecule has 0 radical (unpaired) electrons. The number of urea groups is 1. The number of hydrogen-bond acceptors (Lipinski definition) is 4. The third-order valence-electron chi connectivity index (χ3n) is 2.90. The van der Waals surface area contributed by atoms with Crippen molar-refractivity contribution in [2.24, 2.45) is 0 Å². The first-order valence-corrected chi connectivity index (χ1v) is 6.87. The molecule has 0 aliphatic heterocycles. The Balaban J connectivity index is 2.00. The minimum Gasteiger partial charge on any atom is -0.347 e. The SMILES string of the molecule is Cc1cc(CNC(=O)Nc2cc(F)ccc2F)nc(N(C)C)n1. The Kier molecular flexibility index (Phi) is 5.05. The molecule has 6 nitrogen and oxygen atoms in total. The maximum Gasteiger partial charge on any atom is 0.319 e. The molecule has 0 fully saturated rings. The third-order valence-corrected chi connectivity index (χ3v) is 2.90. The molecule has 0 aliphatic carbocycles. The van der Waals surface area contributed by atoms with E-state index in [1.807, 2.05) is 21.0 Å². The number of hydrogen-bond donors (Lipinski definition) is 2. The number of aromatic nitrogens is 2. The summed E-state index contributed by atoms with van der Waals surface area (Å²) in [5.74, 6) is -0.823. The fraction of sp³-hybridized carbons (Fsp3) is 0.267. The Hall–Kier alpha value is -2.77. The number of rotatable bonds is 4. The van der Waals surface area contributed by atoms with Gasteiger partial charge in [-0.2, -0.15) is 0 Å². The van der Waals surface area contributed by atoms with Crippen molar-refractivity contribution in [2.45, 2.75) is 13.5 Å². The number of benzene rings is 1. The van der Waals surface area contributed by atoms with Gasteiger partial charge in [-0.05, 0) is 25.1 Å². The molecule has 0 atom stereocenters. The van der Waals surface area contributed by atoms with Crippen molar-refractivity contribution in [1.29, 1.82) is 0 Å². The number of amides is 2. The molecule has 8 heteroatoms. The minimum absolute atomic E-state index is 0.132. The Bertz CT molecular complexity index is 721. The van der Waals surface area contributed by atoms with E-state index >= 15 is 0 Å². The molecule has 2 rings (SSSR count). The summed E-state index contributed by atoms with van der Waals surface area (Å²) in [6.07, 6.45) is 0. The van der Waals surface area contributed by atoms with Crippen LogP contribution in [-0.4, -0.2) is 30.1 Å². The highest BCUT2D eigenvalue weighted by atomic mass is 19.1. The summed E-state index contributed by atoms with van der Waals surface area (Å²) in [6.45, 7) is 1.95. The first-order chi connectivity index (χ1) is 10.8. The lowest BCUT2D eigenvalue weighted by molar-refractivity contribution is 0.251. The van der Waals surface area contributed by atoms with Gasteiger partial charge in [0.15, 0.2) is 0 Å². The highest BCUT2D eigenvalue weighted by Gasteiger charge is 2.09. The van der Waals surface area contributed by atoms with E-state index in [0.29, 0.717) is 11.6 Å². The van der Waals surface area contributed by atoms with Crippen molar-refractivity contribution in [3.63, 3.8) is 0 Å². The van der Waals surface area contributed by atoms with Crippen LogP contribution in [0.4, 0.5) is 25.2 Å². The quantitative estimate of drug-likeness (QED) is 0.907. The average molecular weight is 321 g/mol. The van der Waals surface area contributed by atoms with Crippen LogP contribution in [0.2, 0.25) is 0 Å². The first kappa shape index (κ1) is 16.6. The number of carbonyl (C=O) groups is 1. The summed E-state index contributed by atoms with van der Waals surface area (Å²) in [6, 6.07) is 3.91. The van der Waals surface area contributed by atoms with E-state index in [1.54, 1.807) is 11.0 Å². The monoisotopic (exact) mass is 321 g/mol. The molecule has 2 aromatic rings. The molecule has 0 aliphatic rings. The molecule has 0 saturated carbocycles. The molecule has 2 amide bonds. The molecule has 23 heavy (non-hydrogen) atoms. The van der Waals surface area contributed by atoms with Crippen LogP contribution in [0.15, 0.2) is 24.3 Å². The van der Waals surface area contributed by atoms with Gasteiger partial charge in [-0.25, -0.2) is 23.5 Å². The van der Waals surface area contributed by atoms with E-state index in [1.165, 1.54) is 0 Å². The Morgan fingerprint density at radius 3 is 2.65 bits per heavy atom. The highest BCUT2D eigenvalue weighted by Crippen LogP contribution is 2.15. The van der Waals surface area contributed by atoms with Crippen LogP contribution in [0, 0.1) is 18.6 Å². The Morgan fingerprint density at radius 1 is 1.22 bits per heavy atom. The average Bonchev–Trinajstić information content (AvgIpc) is 2.48. The van der Waals surface area contributed by atoms with Crippen molar-refractivity contribution in [3.8, 4) is 0 Å². The van der Waals surface area contributed by atoms with Gasteiger partial charge in [0, 0.05) is 25.9 Å². The van der Waals surface area contributed by atoms with Crippen molar-refractivity contribution < 1.29 is 13.6 Å². The van der Waals surface area contributed by atoms with Gasteiger partial charge in [0.2, 0.25) is 5.95 Å². The summed E-state index contributed by atoms with van der Waals surface area (Å²) < 4.78 is 26.5. The number of anilines is 2. The molecular formula is C15H17F2N5O. The largest absolute Gasteiger partial charge is 0.347 e. The molecule has 122 valence electrons. The zero-order valence-corrected chi connectivity index (χ0v) is 13.0. The zero-order valence-electron chi connectivity index (χ0n) is 13.0. The molecule has 1 aromatic heterocycles. The maximum atomic E-state index is 13.5. The number of aryl methyl sites for hydroxylation is 1. The molecular weight excluding hydrogens is 304 g/mol. The molecule has 0 saturated heterocycles. The fourth-order valence-corrected chi connectivity index (χ4v) is 1.84. The summed E-state index contributed by atoms with van der Waals surface area (Å²) >= 11 is 0. The van der Waals surface area contributed by atoms with Crippen LogP contribution < -0.4 is 15.5 Å². The molecule has 1 heterocycles. The van der Waals surface area contributed by atoms with E-state index < -0.39 is 17.7 Å². The molecule has 0 bridgehead atoms. The lowest BCUT2D eigenvalue weighted by Gasteiger charge is -2.13. The van der Waals surface area contributed by atoms with Gasteiger partial charge in [-0.3, -0.25) is 0 Å². The van der Waals surface area contributed by atoms with E-state index in [0.717, 1.165) is 23.9 Å². The van der Waals surface area contributed by atoms with Gasteiger partial charge < -0.3 is 15.5 Å². The van der Waals surface area contributed by atoms with E-state index in [4.69, 9.17) is 0 Å². The van der Waals surface area contributed by atoms with E-state index in [9.17, 15) is 13.6 Å². The second-order valence-electron chi connectivity index (χ2n) is 5.13.